The number of para-hydroxylation sites is 2. The van der Waals surface area contributed by atoms with Crippen molar-refractivity contribution in [1.29, 1.82) is 0 Å². The molecule has 5 rings (SSSR count). The summed E-state index contributed by atoms with van der Waals surface area (Å²) in [5.74, 6) is 1.00. The second-order valence-corrected chi connectivity index (χ2v) is 8.56. The quantitative estimate of drug-likeness (QED) is 0.686. The van der Waals surface area contributed by atoms with E-state index < -0.39 is 5.54 Å². The number of piperazine rings is 1. The summed E-state index contributed by atoms with van der Waals surface area (Å²) in [4.78, 5) is 33.4. The molecule has 1 fully saturated rings. The molecule has 2 aliphatic heterocycles. The highest BCUT2D eigenvalue weighted by atomic mass is 16.5. The molecule has 1 aromatic heterocycles. The molecule has 0 unspecified atom stereocenters. The molecular weight excluding hydrogens is 406 g/mol. The van der Waals surface area contributed by atoms with Gasteiger partial charge in [0.2, 0.25) is 5.91 Å². The number of benzene rings is 2. The Hall–Kier alpha value is -3.48. The topological polar surface area (TPSA) is 74.9 Å². The number of aromatic amines is 1. The Morgan fingerprint density at radius 2 is 1.94 bits per heavy atom. The van der Waals surface area contributed by atoms with Crippen LogP contribution in [0.15, 0.2) is 42.5 Å². The van der Waals surface area contributed by atoms with Crippen molar-refractivity contribution in [1.82, 2.24) is 14.8 Å². The fourth-order valence-electron chi connectivity index (χ4n) is 5.33. The van der Waals surface area contributed by atoms with Crippen molar-refractivity contribution in [3.05, 3.63) is 59.3 Å². The number of fused-ring (bicyclic) bond motifs is 5. The standard InChI is InChI=1S/C25H27N3O4/c1-5-32-22-15(10-8-12-19(22)31-4)17-13-28-20(29)14-27(3)24(30)25(28,2)23-21(17)16-9-6-7-11-18(16)26-23/h6-12,17,26H,5,13-14H2,1-4H3/t17-,25-/m0/s1. The van der Waals surface area contributed by atoms with E-state index in [1.165, 1.54) is 4.90 Å². The average molecular weight is 434 g/mol. The minimum atomic E-state index is -1.08. The molecule has 0 saturated carbocycles. The molecule has 0 aliphatic carbocycles. The van der Waals surface area contributed by atoms with Crippen LogP contribution >= 0.6 is 0 Å². The number of hydrogen-bond acceptors (Lipinski definition) is 4. The monoisotopic (exact) mass is 433 g/mol. The van der Waals surface area contributed by atoms with Gasteiger partial charge in [-0.3, -0.25) is 9.59 Å². The molecule has 166 valence electrons. The van der Waals surface area contributed by atoms with Gasteiger partial charge in [-0.1, -0.05) is 30.3 Å². The summed E-state index contributed by atoms with van der Waals surface area (Å²) >= 11 is 0. The van der Waals surface area contributed by atoms with E-state index in [1.54, 1.807) is 19.1 Å². The molecule has 3 heterocycles. The van der Waals surface area contributed by atoms with E-state index in [2.05, 4.69) is 11.1 Å². The van der Waals surface area contributed by atoms with Crippen molar-refractivity contribution in [2.24, 2.45) is 0 Å². The van der Waals surface area contributed by atoms with E-state index >= 15 is 0 Å². The van der Waals surface area contributed by atoms with Crippen molar-refractivity contribution >= 4 is 22.7 Å². The zero-order valence-electron chi connectivity index (χ0n) is 18.8. The fourth-order valence-corrected chi connectivity index (χ4v) is 5.33. The number of carbonyl (C=O) groups is 2. The second-order valence-electron chi connectivity index (χ2n) is 8.56. The Kier molecular flexibility index (Phi) is 4.65. The van der Waals surface area contributed by atoms with Gasteiger partial charge in [0.05, 0.1) is 26.0 Å². The van der Waals surface area contributed by atoms with Crippen molar-refractivity contribution < 1.29 is 19.1 Å². The third-order valence-corrected chi connectivity index (χ3v) is 6.82. The summed E-state index contributed by atoms with van der Waals surface area (Å²) in [6.45, 7) is 4.74. The third-order valence-electron chi connectivity index (χ3n) is 6.82. The Labute approximate surface area is 186 Å². The molecular formula is C25H27N3O4. The summed E-state index contributed by atoms with van der Waals surface area (Å²) in [5.41, 5.74) is 2.60. The Morgan fingerprint density at radius 1 is 1.16 bits per heavy atom. The Morgan fingerprint density at radius 3 is 2.69 bits per heavy atom. The summed E-state index contributed by atoms with van der Waals surface area (Å²) in [6, 6.07) is 13.9. The molecule has 2 atom stereocenters. The summed E-state index contributed by atoms with van der Waals surface area (Å²) < 4.78 is 11.6. The summed E-state index contributed by atoms with van der Waals surface area (Å²) in [7, 11) is 3.31. The predicted octanol–water partition coefficient (Wildman–Crippen LogP) is 3.24. The lowest BCUT2D eigenvalue weighted by Gasteiger charge is -2.50. The molecule has 7 heteroatoms. The highest BCUT2D eigenvalue weighted by Crippen LogP contribution is 2.50. The number of ether oxygens (including phenoxy) is 2. The van der Waals surface area contributed by atoms with E-state index in [9.17, 15) is 9.59 Å². The van der Waals surface area contributed by atoms with E-state index in [-0.39, 0.29) is 24.3 Å². The first-order valence-electron chi connectivity index (χ1n) is 10.9. The maximum absolute atomic E-state index is 13.4. The van der Waals surface area contributed by atoms with E-state index in [4.69, 9.17) is 9.47 Å². The molecule has 1 N–H and O–H groups in total. The second kappa shape index (κ2) is 7.29. The number of nitrogens with zero attached hydrogens (tertiary/aromatic N) is 2. The van der Waals surface area contributed by atoms with Gasteiger partial charge in [0.1, 0.15) is 0 Å². The van der Waals surface area contributed by atoms with Crippen molar-refractivity contribution in [2.75, 3.05) is 33.9 Å². The number of nitrogens with one attached hydrogen (secondary N) is 1. The van der Waals surface area contributed by atoms with Gasteiger partial charge >= 0.3 is 0 Å². The molecule has 0 radical (unpaired) electrons. The molecule has 2 aliphatic rings. The zero-order valence-corrected chi connectivity index (χ0v) is 18.8. The van der Waals surface area contributed by atoms with Crippen LogP contribution in [0, 0.1) is 0 Å². The third kappa shape index (κ3) is 2.66. The number of aromatic nitrogens is 1. The summed E-state index contributed by atoms with van der Waals surface area (Å²) in [6.07, 6.45) is 0. The Balaban J connectivity index is 1.81. The maximum atomic E-state index is 13.4. The molecule has 0 bridgehead atoms. The summed E-state index contributed by atoms with van der Waals surface area (Å²) in [5, 5.41) is 1.05. The molecule has 2 amide bonds. The van der Waals surface area contributed by atoms with Crippen LogP contribution in [0.25, 0.3) is 10.9 Å². The normalized spacial score (nSPS) is 22.7. The molecule has 1 saturated heterocycles. The van der Waals surface area contributed by atoms with E-state index in [1.807, 2.05) is 50.2 Å². The van der Waals surface area contributed by atoms with Gasteiger partial charge in [0.15, 0.2) is 17.0 Å². The van der Waals surface area contributed by atoms with Crippen LogP contribution in [0.2, 0.25) is 0 Å². The molecule has 32 heavy (non-hydrogen) atoms. The minimum absolute atomic E-state index is 0.0650. The number of likely N-dealkylation sites (N-methyl/N-ethyl adjacent to an activating group) is 1. The van der Waals surface area contributed by atoms with Gasteiger partial charge in [-0.15, -0.1) is 0 Å². The number of hydrogen-bond donors (Lipinski definition) is 1. The first kappa shape index (κ1) is 20.4. The van der Waals surface area contributed by atoms with Gasteiger partial charge in [-0.25, -0.2) is 0 Å². The number of methoxy groups -OCH3 is 1. The number of H-pyrrole nitrogens is 1. The fraction of sp³-hybridized carbons (Fsp3) is 0.360. The van der Waals surface area contributed by atoms with Crippen LogP contribution in [-0.4, -0.2) is 60.5 Å². The van der Waals surface area contributed by atoms with Crippen molar-refractivity contribution in [2.45, 2.75) is 25.3 Å². The van der Waals surface area contributed by atoms with Crippen molar-refractivity contribution in [3.8, 4) is 11.5 Å². The van der Waals surface area contributed by atoms with Crippen LogP contribution in [0.4, 0.5) is 0 Å². The highest BCUT2D eigenvalue weighted by Gasteiger charge is 2.55. The smallest absolute Gasteiger partial charge is 0.254 e. The van der Waals surface area contributed by atoms with Gasteiger partial charge in [0, 0.05) is 36.0 Å². The van der Waals surface area contributed by atoms with Gasteiger partial charge in [-0.2, -0.15) is 0 Å². The number of amides is 2. The zero-order chi connectivity index (χ0) is 22.6. The Bertz CT molecular complexity index is 1230. The van der Waals surface area contributed by atoms with E-state index in [0.717, 1.165) is 27.7 Å². The van der Waals surface area contributed by atoms with Crippen LogP contribution in [0.5, 0.6) is 11.5 Å². The molecule has 7 nitrogen and oxygen atoms in total. The van der Waals surface area contributed by atoms with Crippen LogP contribution in [0.1, 0.15) is 36.6 Å². The molecule has 3 aromatic rings. The molecule has 2 aromatic carbocycles. The van der Waals surface area contributed by atoms with Gasteiger partial charge in [0.25, 0.3) is 5.91 Å². The number of rotatable bonds is 4. The number of carbonyl (C=O) groups excluding carboxylic acids is 2. The largest absolute Gasteiger partial charge is 0.493 e. The van der Waals surface area contributed by atoms with Gasteiger partial charge < -0.3 is 24.3 Å². The predicted molar refractivity (Wildman–Crippen MR) is 121 cm³/mol. The lowest BCUT2D eigenvalue weighted by Crippen LogP contribution is -2.66. The SMILES string of the molecule is CCOc1c(OC)cccc1[C@@H]1CN2C(=O)CN(C)C(=O)[C@]2(C)c2[nH]c3ccccc3c21. The van der Waals surface area contributed by atoms with Crippen LogP contribution in [0.3, 0.4) is 0 Å². The van der Waals surface area contributed by atoms with E-state index in [0.29, 0.717) is 24.7 Å². The minimum Gasteiger partial charge on any atom is -0.493 e. The van der Waals surface area contributed by atoms with Crippen LogP contribution < -0.4 is 9.47 Å². The average Bonchev–Trinajstić information content (AvgIpc) is 3.19. The lowest BCUT2D eigenvalue weighted by molar-refractivity contribution is -0.164. The highest BCUT2D eigenvalue weighted by molar-refractivity contribution is 6.01. The van der Waals surface area contributed by atoms with Crippen LogP contribution in [-0.2, 0) is 15.1 Å². The first-order valence-corrected chi connectivity index (χ1v) is 10.9. The first-order chi connectivity index (χ1) is 15.4. The van der Waals surface area contributed by atoms with Crippen molar-refractivity contribution in [3.63, 3.8) is 0 Å². The maximum Gasteiger partial charge on any atom is 0.254 e. The lowest BCUT2D eigenvalue weighted by atomic mass is 9.76. The molecule has 0 spiro atoms. The van der Waals surface area contributed by atoms with Gasteiger partial charge in [-0.05, 0) is 31.5 Å².